The molecule has 0 unspecified atom stereocenters. The van der Waals surface area contributed by atoms with Gasteiger partial charge in [-0.05, 0) is 35.8 Å². The van der Waals surface area contributed by atoms with E-state index in [1.807, 2.05) is 30.3 Å². The van der Waals surface area contributed by atoms with Crippen LogP contribution in [0.1, 0.15) is 24.5 Å². The summed E-state index contributed by atoms with van der Waals surface area (Å²) in [6, 6.07) is 14.1. The summed E-state index contributed by atoms with van der Waals surface area (Å²) in [7, 11) is 4.83. The third kappa shape index (κ3) is 5.70. The molecule has 0 fully saturated rings. The lowest BCUT2D eigenvalue weighted by Crippen LogP contribution is -2.13. The second-order valence-electron chi connectivity index (χ2n) is 6.13. The van der Waals surface area contributed by atoms with Gasteiger partial charge in [0.05, 0.1) is 21.3 Å². The molecule has 0 saturated heterocycles. The average Bonchev–Trinajstić information content (AvgIpc) is 2.75. The Morgan fingerprint density at radius 1 is 1.00 bits per heavy atom. The number of nitrogens with one attached hydrogen (secondary N) is 1. The Balaban J connectivity index is 2.48. The van der Waals surface area contributed by atoms with Gasteiger partial charge in [0.1, 0.15) is 0 Å². The molecule has 0 heterocycles. The molecule has 0 saturated carbocycles. The zero-order valence-electron chi connectivity index (χ0n) is 16.9. The quantitative estimate of drug-likeness (QED) is 0.426. The molecule has 0 bridgehead atoms. The second-order valence-corrected chi connectivity index (χ2v) is 6.40. The van der Waals surface area contributed by atoms with E-state index >= 15 is 0 Å². The van der Waals surface area contributed by atoms with E-state index in [2.05, 4.69) is 36.5 Å². The fraction of sp³-hybridized carbons (Fsp3) is 0.304. The predicted octanol–water partition coefficient (Wildman–Crippen LogP) is 5.42. The molecule has 2 aromatic carbocycles. The van der Waals surface area contributed by atoms with E-state index in [4.69, 9.17) is 25.8 Å². The van der Waals surface area contributed by atoms with Gasteiger partial charge in [0.2, 0.25) is 5.75 Å². The highest BCUT2D eigenvalue weighted by Crippen LogP contribution is 2.39. The van der Waals surface area contributed by atoms with E-state index in [9.17, 15) is 0 Å². The number of rotatable bonds is 10. The third-order valence-corrected chi connectivity index (χ3v) is 4.56. The van der Waals surface area contributed by atoms with Crippen molar-refractivity contribution in [2.45, 2.75) is 19.9 Å². The van der Waals surface area contributed by atoms with Crippen LogP contribution in [0.2, 0.25) is 0 Å². The summed E-state index contributed by atoms with van der Waals surface area (Å²) in [6.07, 6.45) is 5.11. The highest BCUT2D eigenvalue weighted by molar-refractivity contribution is 6.19. The normalized spacial score (nSPS) is 11.9. The minimum absolute atomic E-state index is 0.439. The monoisotopic (exact) mass is 401 g/mol. The van der Waals surface area contributed by atoms with Crippen LogP contribution in [0.15, 0.2) is 60.2 Å². The standard InChI is InChI=1S/C23H28ClNO3/c1-5-9-18(15-24)12-20(25-16-17-10-7-6-8-11-17)19-13-21(26-2)23(28-4)22(14-19)27-3/h6-14,25H,5,15-16H2,1-4H3/b18-9-,20-12-. The van der Waals surface area contributed by atoms with Crippen molar-refractivity contribution in [3.63, 3.8) is 0 Å². The molecule has 2 aromatic rings. The van der Waals surface area contributed by atoms with E-state index in [1.54, 1.807) is 21.3 Å². The minimum Gasteiger partial charge on any atom is -0.493 e. The van der Waals surface area contributed by atoms with Gasteiger partial charge < -0.3 is 19.5 Å². The molecule has 4 nitrogen and oxygen atoms in total. The number of hydrogen-bond donors (Lipinski definition) is 1. The van der Waals surface area contributed by atoms with Gasteiger partial charge in [0.15, 0.2) is 11.5 Å². The van der Waals surface area contributed by atoms with Gasteiger partial charge in [-0.25, -0.2) is 0 Å². The number of ether oxygens (including phenoxy) is 3. The molecule has 0 spiro atoms. The van der Waals surface area contributed by atoms with Crippen molar-refractivity contribution in [3.8, 4) is 17.2 Å². The molecule has 0 amide bonds. The zero-order chi connectivity index (χ0) is 20.4. The summed E-state index contributed by atoms with van der Waals surface area (Å²) in [6.45, 7) is 2.78. The number of halogens is 1. The number of hydrogen-bond acceptors (Lipinski definition) is 4. The van der Waals surface area contributed by atoms with Crippen LogP contribution in [0.4, 0.5) is 0 Å². The highest BCUT2D eigenvalue weighted by atomic mass is 35.5. The Kier molecular flexibility index (Phi) is 8.76. The fourth-order valence-corrected chi connectivity index (χ4v) is 3.05. The molecule has 150 valence electrons. The first kappa shape index (κ1) is 21.7. The Hall–Kier alpha value is -2.59. The van der Waals surface area contributed by atoms with Crippen LogP contribution in [0, 0.1) is 0 Å². The maximum atomic E-state index is 6.15. The second kappa shape index (κ2) is 11.3. The van der Waals surface area contributed by atoms with Crippen molar-refractivity contribution in [1.29, 1.82) is 0 Å². The Labute approximate surface area is 172 Å². The van der Waals surface area contributed by atoms with Crippen LogP contribution in [0.3, 0.4) is 0 Å². The van der Waals surface area contributed by atoms with Gasteiger partial charge in [0, 0.05) is 23.7 Å². The molecular formula is C23H28ClNO3. The summed E-state index contributed by atoms with van der Waals surface area (Å²) in [5.41, 5.74) is 4.10. The Morgan fingerprint density at radius 2 is 1.64 bits per heavy atom. The summed E-state index contributed by atoms with van der Waals surface area (Å²) < 4.78 is 16.5. The first-order valence-electron chi connectivity index (χ1n) is 9.21. The number of methoxy groups -OCH3 is 3. The third-order valence-electron chi connectivity index (χ3n) is 4.25. The van der Waals surface area contributed by atoms with Crippen LogP contribution in [-0.4, -0.2) is 27.2 Å². The summed E-state index contributed by atoms with van der Waals surface area (Å²) in [5, 5.41) is 3.53. The summed E-state index contributed by atoms with van der Waals surface area (Å²) in [5.74, 6) is 2.22. The number of allylic oxidation sites excluding steroid dienone is 3. The smallest absolute Gasteiger partial charge is 0.203 e. The van der Waals surface area contributed by atoms with Crippen molar-refractivity contribution >= 4 is 17.3 Å². The van der Waals surface area contributed by atoms with Gasteiger partial charge in [0.25, 0.3) is 0 Å². The largest absolute Gasteiger partial charge is 0.493 e. The van der Waals surface area contributed by atoms with E-state index < -0.39 is 0 Å². The first-order chi connectivity index (χ1) is 13.7. The van der Waals surface area contributed by atoms with Gasteiger partial charge in [-0.3, -0.25) is 0 Å². The average molecular weight is 402 g/mol. The zero-order valence-corrected chi connectivity index (χ0v) is 17.7. The van der Waals surface area contributed by atoms with Crippen molar-refractivity contribution in [1.82, 2.24) is 5.32 Å². The van der Waals surface area contributed by atoms with E-state index in [0.717, 1.165) is 23.3 Å². The van der Waals surface area contributed by atoms with Gasteiger partial charge in [-0.2, -0.15) is 0 Å². The molecule has 0 aliphatic rings. The highest BCUT2D eigenvalue weighted by Gasteiger charge is 2.15. The van der Waals surface area contributed by atoms with Crippen molar-refractivity contribution in [2.75, 3.05) is 27.2 Å². The van der Waals surface area contributed by atoms with E-state index in [0.29, 0.717) is 29.7 Å². The number of alkyl halides is 1. The lowest BCUT2D eigenvalue weighted by Gasteiger charge is -2.17. The molecule has 0 radical (unpaired) electrons. The first-order valence-corrected chi connectivity index (χ1v) is 9.75. The molecule has 5 heteroatoms. The van der Waals surface area contributed by atoms with Crippen LogP contribution in [-0.2, 0) is 6.54 Å². The van der Waals surface area contributed by atoms with Crippen LogP contribution >= 0.6 is 11.6 Å². The van der Waals surface area contributed by atoms with Gasteiger partial charge in [-0.15, -0.1) is 11.6 Å². The SMILES string of the molecule is CC/C=C(/C=C(\NCc1ccccc1)c1cc(OC)c(OC)c(OC)c1)CCl. The van der Waals surface area contributed by atoms with E-state index in [1.165, 1.54) is 5.56 Å². The summed E-state index contributed by atoms with van der Waals surface area (Å²) >= 11 is 6.15. The van der Waals surface area contributed by atoms with Crippen LogP contribution < -0.4 is 19.5 Å². The molecule has 0 aliphatic heterocycles. The Bertz CT molecular complexity index is 791. The van der Waals surface area contributed by atoms with Gasteiger partial charge >= 0.3 is 0 Å². The van der Waals surface area contributed by atoms with Crippen LogP contribution in [0.25, 0.3) is 5.70 Å². The van der Waals surface area contributed by atoms with Crippen molar-refractivity contribution < 1.29 is 14.2 Å². The molecule has 28 heavy (non-hydrogen) atoms. The molecule has 1 N–H and O–H groups in total. The lowest BCUT2D eigenvalue weighted by molar-refractivity contribution is 0.324. The fourth-order valence-electron chi connectivity index (χ4n) is 2.87. The molecule has 0 atom stereocenters. The summed E-state index contributed by atoms with van der Waals surface area (Å²) in [4.78, 5) is 0. The van der Waals surface area contributed by atoms with Gasteiger partial charge in [-0.1, -0.05) is 43.3 Å². The molecule has 2 rings (SSSR count). The molecule has 0 aliphatic carbocycles. The van der Waals surface area contributed by atoms with Crippen LogP contribution in [0.5, 0.6) is 17.2 Å². The van der Waals surface area contributed by atoms with Crippen molar-refractivity contribution in [3.05, 3.63) is 71.3 Å². The maximum Gasteiger partial charge on any atom is 0.203 e. The maximum absolute atomic E-state index is 6.15. The minimum atomic E-state index is 0.439. The van der Waals surface area contributed by atoms with E-state index in [-0.39, 0.29) is 0 Å². The predicted molar refractivity (Wildman–Crippen MR) is 116 cm³/mol. The Morgan fingerprint density at radius 3 is 2.14 bits per heavy atom. The lowest BCUT2D eigenvalue weighted by atomic mass is 10.1. The number of benzene rings is 2. The topological polar surface area (TPSA) is 39.7 Å². The van der Waals surface area contributed by atoms with Crippen molar-refractivity contribution in [2.24, 2.45) is 0 Å². The molecular weight excluding hydrogens is 374 g/mol. The molecule has 0 aromatic heterocycles.